The van der Waals surface area contributed by atoms with Gasteiger partial charge >= 0.3 is 5.97 Å². The van der Waals surface area contributed by atoms with Crippen LogP contribution in [0.4, 0.5) is 5.69 Å². The predicted molar refractivity (Wildman–Crippen MR) is 70.5 cm³/mol. The first-order chi connectivity index (χ1) is 8.15. The van der Waals surface area contributed by atoms with Gasteiger partial charge in [-0.25, -0.2) is 9.78 Å². The summed E-state index contributed by atoms with van der Waals surface area (Å²) in [5.74, 6) is -0.983. The van der Waals surface area contributed by atoms with Gasteiger partial charge in [-0.15, -0.1) is 11.3 Å². The molecular formula is C11H9BrN2O2S. The fourth-order valence-electron chi connectivity index (χ4n) is 1.28. The maximum atomic E-state index is 10.7. The number of aromatic nitrogens is 1. The molecule has 2 aromatic rings. The molecule has 0 aliphatic heterocycles. The van der Waals surface area contributed by atoms with E-state index in [0.717, 1.165) is 27.2 Å². The first-order valence-electron chi connectivity index (χ1n) is 4.82. The number of nitrogens with zero attached hydrogens (tertiary/aromatic N) is 1. The molecule has 6 heteroatoms. The second-order valence-corrected chi connectivity index (χ2v) is 5.09. The molecule has 0 aliphatic rings. The lowest BCUT2D eigenvalue weighted by Crippen LogP contribution is -2.01. The Morgan fingerprint density at radius 2 is 2.35 bits per heavy atom. The van der Waals surface area contributed by atoms with E-state index in [2.05, 4.69) is 26.2 Å². The molecular weight excluding hydrogens is 304 g/mol. The number of carboxylic acid groups (broad SMARTS) is 1. The molecule has 1 aromatic heterocycles. The molecule has 4 nitrogen and oxygen atoms in total. The second kappa shape index (κ2) is 5.29. The number of thiazole rings is 1. The largest absolute Gasteiger partial charge is 0.476 e. The molecule has 0 saturated heterocycles. The van der Waals surface area contributed by atoms with Gasteiger partial charge in [-0.3, -0.25) is 0 Å². The van der Waals surface area contributed by atoms with Gasteiger partial charge < -0.3 is 10.4 Å². The van der Waals surface area contributed by atoms with E-state index in [1.54, 1.807) is 5.38 Å². The summed E-state index contributed by atoms with van der Waals surface area (Å²) in [5, 5.41) is 13.8. The van der Waals surface area contributed by atoms with Gasteiger partial charge in [-0.1, -0.05) is 22.0 Å². The fourth-order valence-corrected chi connectivity index (χ4v) is 2.33. The minimum absolute atomic E-state index is 0.121. The van der Waals surface area contributed by atoms with Gasteiger partial charge in [0.1, 0.15) is 0 Å². The van der Waals surface area contributed by atoms with Gasteiger partial charge in [0.15, 0.2) is 0 Å². The maximum absolute atomic E-state index is 10.7. The van der Waals surface area contributed by atoms with Crippen molar-refractivity contribution in [1.82, 2.24) is 4.98 Å². The molecule has 88 valence electrons. The van der Waals surface area contributed by atoms with Crippen molar-refractivity contribution in [3.63, 3.8) is 0 Å². The molecule has 2 rings (SSSR count). The van der Waals surface area contributed by atoms with Gasteiger partial charge in [0.2, 0.25) is 5.01 Å². The van der Waals surface area contributed by atoms with Gasteiger partial charge in [0.25, 0.3) is 0 Å². The van der Waals surface area contributed by atoms with Crippen molar-refractivity contribution in [1.29, 1.82) is 0 Å². The summed E-state index contributed by atoms with van der Waals surface area (Å²) in [6.07, 6.45) is 0. The van der Waals surface area contributed by atoms with Crippen LogP contribution in [0.5, 0.6) is 0 Å². The summed E-state index contributed by atoms with van der Waals surface area (Å²) in [7, 11) is 0. The highest BCUT2D eigenvalue weighted by Crippen LogP contribution is 2.17. The minimum Gasteiger partial charge on any atom is -0.476 e. The average Bonchev–Trinajstić information content (AvgIpc) is 2.75. The number of carbonyl (C=O) groups is 1. The summed E-state index contributed by atoms with van der Waals surface area (Å²) in [5.41, 5.74) is 1.69. The SMILES string of the molecule is O=C(O)c1nc(CNc2cccc(Br)c2)cs1. The molecule has 1 aromatic carbocycles. The Hall–Kier alpha value is -1.40. The monoisotopic (exact) mass is 312 g/mol. The van der Waals surface area contributed by atoms with E-state index in [-0.39, 0.29) is 5.01 Å². The highest BCUT2D eigenvalue weighted by molar-refractivity contribution is 9.10. The third kappa shape index (κ3) is 3.28. The van der Waals surface area contributed by atoms with Crippen LogP contribution >= 0.6 is 27.3 Å². The van der Waals surface area contributed by atoms with Crippen LogP contribution in [-0.4, -0.2) is 16.1 Å². The van der Waals surface area contributed by atoms with E-state index in [1.807, 2.05) is 24.3 Å². The van der Waals surface area contributed by atoms with E-state index in [4.69, 9.17) is 5.11 Å². The molecule has 0 unspecified atom stereocenters. The van der Waals surface area contributed by atoms with Crippen LogP contribution in [0, 0.1) is 0 Å². The fraction of sp³-hybridized carbons (Fsp3) is 0.0909. The lowest BCUT2D eigenvalue weighted by atomic mass is 10.3. The quantitative estimate of drug-likeness (QED) is 0.910. The highest BCUT2D eigenvalue weighted by Gasteiger charge is 2.08. The van der Waals surface area contributed by atoms with Crippen molar-refractivity contribution in [3.05, 3.63) is 44.8 Å². The molecule has 0 saturated carbocycles. The number of aromatic carboxylic acids is 1. The lowest BCUT2D eigenvalue weighted by Gasteiger charge is -2.04. The van der Waals surface area contributed by atoms with E-state index in [1.165, 1.54) is 0 Å². The van der Waals surface area contributed by atoms with Crippen molar-refractivity contribution in [2.24, 2.45) is 0 Å². The van der Waals surface area contributed by atoms with Crippen LogP contribution in [0.3, 0.4) is 0 Å². The molecule has 0 aliphatic carbocycles. The van der Waals surface area contributed by atoms with Crippen LogP contribution in [-0.2, 0) is 6.54 Å². The number of hydrogen-bond donors (Lipinski definition) is 2. The van der Waals surface area contributed by atoms with Crippen molar-refractivity contribution < 1.29 is 9.90 Å². The topological polar surface area (TPSA) is 62.2 Å². The van der Waals surface area contributed by atoms with Crippen molar-refractivity contribution in [3.8, 4) is 0 Å². The van der Waals surface area contributed by atoms with Gasteiger partial charge in [0.05, 0.1) is 12.2 Å². The second-order valence-electron chi connectivity index (χ2n) is 3.31. The predicted octanol–water partition coefficient (Wildman–Crippen LogP) is 3.22. The number of halogens is 1. The third-order valence-corrected chi connectivity index (χ3v) is 3.41. The number of benzene rings is 1. The van der Waals surface area contributed by atoms with Crippen LogP contribution < -0.4 is 5.32 Å². The number of carboxylic acids is 1. The zero-order chi connectivity index (χ0) is 12.3. The first kappa shape index (κ1) is 12.1. The third-order valence-electron chi connectivity index (χ3n) is 2.03. The number of anilines is 1. The number of nitrogens with one attached hydrogen (secondary N) is 1. The van der Waals surface area contributed by atoms with Gasteiger partial charge in [-0.2, -0.15) is 0 Å². The Labute approximate surface area is 110 Å². The zero-order valence-electron chi connectivity index (χ0n) is 8.68. The summed E-state index contributed by atoms with van der Waals surface area (Å²) in [6.45, 7) is 0.514. The maximum Gasteiger partial charge on any atom is 0.365 e. The van der Waals surface area contributed by atoms with Crippen LogP contribution in [0.25, 0.3) is 0 Å². The summed E-state index contributed by atoms with van der Waals surface area (Å²) in [4.78, 5) is 14.6. The molecule has 17 heavy (non-hydrogen) atoms. The smallest absolute Gasteiger partial charge is 0.365 e. The zero-order valence-corrected chi connectivity index (χ0v) is 11.1. The lowest BCUT2D eigenvalue weighted by molar-refractivity contribution is 0.0696. The van der Waals surface area contributed by atoms with Gasteiger partial charge in [0, 0.05) is 15.5 Å². The number of hydrogen-bond acceptors (Lipinski definition) is 4. The summed E-state index contributed by atoms with van der Waals surface area (Å²) in [6, 6.07) is 7.76. The van der Waals surface area contributed by atoms with Crippen molar-refractivity contribution >= 4 is 38.9 Å². The van der Waals surface area contributed by atoms with Crippen molar-refractivity contribution in [2.45, 2.75) is 6.54 Å². The normalized spacial score (nSPS) is 10.2. The van der Waals surface area contributed by atoms with Gasteiger partial charge in [-0.05, 0) is 18.2 Å². The van der Waals surface area contributed by atoms with E-state index >= 15 is 0 Å². The molecule has 1 heterocycles. The van der Waals surface area contributed by atoms with Crippen LogP contribution in [0.2, 0.25) is 0 Å². The molecule has 2 N–H and O–H groups in total. The Morgan fingerprint density at radius 1 is 1.53 bits per heavy atom. The Balaban J connectivity index is 2.00. The van der Waals surface area contributed by atoms with E-state index in [0.29, 0.717) is 6.54 Å². The standard InChI is InChI=1S/C11H9BrN2O2S/c12-7-2-1-3-8(4-7)13-5-9-6-17-10(14-9)11(15)16/h1-4,6,13H,5H2,(H,15,16). The summed E-state index contributed by atoms with van der Waals surface area (Å²) >= 11 is 4.52. The first-order valence-corrected chi connectivity index (χ1v) is 6.49. The van der Waals surface area contributed by atoms with Crippen LogP contribution in [0.15, 0.2) is 34.1 Å². The molecule has 0 amide bonds. The molecule has 0 bridgehead atoms. The minimum atomic E-state index is -0.983. The molecule has 0 atom stereocenters. The van der Waals surface area contributed by atoms with Crippen molar-refractivity contribution in [2.75, 3.05) is 5.32 Å². The van der Waals surface area contributed by atoms with E-state index < -0.39 is 5.97 Å². The van der Waals surface area contributed by atoms with Crippen LogP contribution in [0.1, 0.15) is 15.5 Å². The highest BCUT2D eigenvalue weighted by atomic mass is 79.9. The Bertz CT molecular complexity index is 542. The molecule has 0 radical (unpaired) electrons. The molecule has 0 fully saturated rings. The average molecular weight is 313 g/mol. The summed E-state index contributed by atoms with van der Waals surface area (Å²) < 4.78 is 0.993. The molecule has 0 spiro atoms. The Kier molecular flexibility index (Phi) is 3.75. The van der Waals surface area contributed by atoms with E-state index in [9.17, 15) is 4.79 Å². The number of rotatable bonds is 4. The Morgan fingerprint density at radius 3 is 3.00 bits per heavy atom.